The second-order valence-electron chi connectivity index (χ2n) is 4.89. The van der Waals surface area contributed by atoms with Crippen molar-refractivity contribution in [2.45, 2.75) is 13.5 Å². The highest BCUT2D eigenvalue weighted by atomic mass is 15.1. The number of nitrogens with one attached hydrogen (secondary N) is 2. The SMILES string of the molecule is Cc1nc(NCc2cccnc2)cc(Nc2ccccc2)n1. The molecular weight excluding hydrogens is 274 g/mol. The second-order valence-corrected chi connectivity index (χ2v) is 4.89. The van der Waals surface area contributed by atoms with Crippen LogP contribution in [0.4, 0.5) is 17.3 Å². The van der Waals surface area contributed by atoms with E-state index in [0.29, 0.717) is 6.54 Å². The highest BCUT2D eigenvalue weighted by molar-refractivity contribution is 5.59. The molecule has 2 N–H and O–H groups in total. The molecule has 0 radical (unpaired) electrons. The predicted molar refractivity (Wildman–Crippen MR) is 88.1 cm³/mol. The first-order valence-corrected chi connectivity index (χ1v) is 7.10. The van der Waals surface area contributed by atoms with Gasteiger partial charge in [0.15, 0.2) is 0 Å². The van der Waals surface area contributed by atoms with Crippen LogP contribution < -0.4 is 10.6 Å². The molecule has 2 aromatic heterocycles. The third-order valence-electron chi connectivity index (χ3n) is 3.08. The largest absolute Gasteiger partial charge is 0.366 e. The van der Waals surface area contributed by atoms with Crippen LogP contribution in [0.2, 0.25) is 0 Å². The lowest BCUT2D eigenvalue weighted by Gasteiger charge is -2.10. The van der Waals surface area contributed by atoms with E-state index in [1.807, 2.05) is 61.7 Å². The molecule has 0 bridgehead atoms. The maximum atomic E-state index is 4.41. The van der Waals surface area contributed by atoms with Crippen LogP contribution in [0.3, 0.4) is 0 Å². The molecule has 110 valence electrons. The number of aromatic nitrogens is 3. The number of aryl methyl sites for hydroxylation is 1. The Morgan fingerprint density at radius 1 is 0.955 bits per heavy atom. The predicted octanol–water partition coefficient (Wildman–Crippen LogP) is 3.54. The third kappa shape index (κ3) is 3.79. The van der Waals surface area contributed by atoms with E-state index in [1.165, 1.54) is 0 Å². The van der Waals surface area contributed by atoms with E-state index >= 15 is 0 Å². The Labute approximate surface area is 129 Å². The lowest BCUT2D eigenvalue weighted by Crippen LogP contribution is -2.05. The summed E-state index contributed by atoms with van der Waals surface area (Å²) >= 11 is 0. The van der Waals surface area contributed by atoms with E-state index in [1.54, 1.807) is 6.20 Å². The Morgan fingerprint density at radius 3 is 2.55 bits per heavy atom. The Bertz CT molecular complexity index is 729. The second kappa shape index (κ2) is 6.67. The maximum Gasteiger partial charge on any atom is 0.136 e. The van der Waals surface area contributed by atoms with Gasteiger partial charge in [-0.05, 0) is 30.7 Å². The van der Waals surface area contributed by atoms with Crippen molar-refractivity contribution in [3.05, 3.63) is 72.3 Å². The lowest BCUT2D eigenvalue weighted by atomic mass is 10.3. The Morgan fingerprint density at radius 2 is 1.77 bits per heavy atom. The Kier molecular flexibility index (Phi) is 4.25. The Balaban J connectivity index is 1.72. The van der Waals surface area contributed by atoms with Gasteiger partial charge in [-0.1, -0.05) is 24.3 Å². The van der Waals surface area contributed by atoms with Crippen LogP contribution in [0, 0.1) is 6.92 Å². The number of hydrogen-bond acceptors (Lipinski definition) is 5. The fourth-order valence-electron chi connectivity index (χ4n) is 2.09. The number of rotatable bonds is 5. The van der Waals surface area contributed by atoms with Gasteiger partial charge in [0.25, 0.3) is 0 Å². The molecule has 0 aliphatic heterocycles. The van der Waals surface area contributed by atoms with Crippen LogP contribution in [0.5, 0.6) is 0 Å². The molecule has 0 aliphatic rings. The molecule has 1 aromatic carbocycles. The molecular formula is C17H17N5. The van der Waals surface area contributed by atoms with Gasteiger partial charge < -0.3 is 10.6 Å². The zero-order valence-electron chi connectivity index (χ0n) is 12.3. The van der Waals surface area contributed by atoms with Crippen LogP contribution in [0.1, 0.15) is 11.4 Å². The summed E-state index contributed by atoms with van der Waals surface area (Å²) in [6.07, 6.45) is 3.60. The van der Waals surface area contributed by atoms with Crippen LogP contribution >= 0.6 is 0 Å². The molecule has 3 rings (SSSR count). The van der Waals surface area contributed by atoms with Gasteiger partial charge in [0, 0.05) is 30.7 Å². The molecule has 5 heteroatoms. The van der Waals surface area contributed by atoms with Gasteiger partial charge in [-0.15, -0.1) is 0 Å². The first kappa shape index (κ1) is 14.0. The fourth-order valence-corrected chi connectivity index (χ4v) is 2.09. The molecule has 0 saturated carbocycles. The molecule has 0 amide bonds. The van der Waals surface area contributed by atoms with E-state index < -0.39 is 0 Å². The van der Waals surface area contributed by atoms with Gasteiger partial charge in [0.2, 0.25) is 0 Å². The minimum absolute atomic E-state index is 0.676. The van der Waals surface area contributed by atoms with Crippen LogP contribution in [0.25, 0.3) is 0 Å². The average Bonchev–Trinajstić information content (AvgIpc) is 2.54. The van der Waals surface area contributed by atoms with Gasteiger partial charge in [0.1, 0.15) is 17.5 Å². The summed E-state index contributed by atoms with van der Waals surface area (Å²) in [6, 6.07) is 15.8. The smallest absolute Gasteiger partial charge is 0.136 e. The maximum absolute atomic E-state index is 4.41. The fraction of sp³-hybridized carbons (Fsp3) is 0.118. The number of para-hydroxylation sites is 1. The van der Waals surface area contributed by atoms with E-state index in [2.05, 4.69) is 25.6 Å². The minimum atomic E-state index is 0.676. The molecule has 0 saturated heterocycles. The van der Waals surface area contributed by atoms with Crippen molar-refractivity contribution in [2.75, 3.05) is 10.6 Å². The van der Waals surface area contributed by atoms with E-state index in [4.69, 9.17) is 0 Å². The summed E-state index contributed by atoms with van der Waals surface area (Å²) < 4.78 is 0. The molecule has 0 fully saturated rings. The summed E-state index contributed by atoms with van der Waals surface area (Å²) in [6.45, 7) is 2.56. The minimum Gasteiger partial charge on any atom is -0.366 e. The quantitative estimate of drug-likeness (QED) is 0.753. The Hall–Kier alpha value is -2.95. The third-order valence-corrected chi connectivity index (χ3v) is 3.08. The molecule has 0 aliphatic carbocycles. The van der Waals surface area contributed by atoms with Gasteiger partial charge in [0.05, 0.1) is 0 Å². The van der Waals surface area contributed by atoms with Crippen molar-refractivity contribution in [1.82, 2.24) is 15.0 Å². The van der Waals surface area contributed by atoms with Crippen molar-refractivity contribution >= 4 is 17.3 Å². The molecule has 3 aromatic rings. The van der Waals surface area contributed by atoms with Crippen molar-refractivity contribution in [3.63, 3.8) is 0 Å². The molecule has 0 spiro atoms. The number of benzene rings is 1. The lowest BCUT2D eigenvalue weighted by molar-refractivity contribution is 1.02. The monoisotopic (exact) mass is 291 g/mol. The highest BCUT2D eigenvalue weighted by Gasteiger charge is 2.02. The van der Waals surface area contributed by atoms with E-state index in [9.17, 15) is 0 Å². The van der Waals surface area contributed by atoms with Crippen molar-refractivity contribution in [2.24, 2.45) is 0 Å². The molecule has 2 heterocycles. The van der Waals surface area contributed by atoms with Crippen molar-refractivity contribution in [3.8, 4) is 0 Å². The topological polar surface area (TPSA) is 62.7 Å². The van der Waals surface area contributed by atoms with Crippen molar-refractivity contribution < 1.29 is 0 Å². The molecule has 0 atom stereocenters. The van der Waals surface area contributed by atoms with E-state index in [0.717, 1.165) is 28.7 Å². The number of hydrogen-bond donors (Lipinski definition) is 2. The molecule has 0 unspecified atom stereocenters. The van der Waals surface area contributed by atoms with Gasteiger partial charge in [-0.25, -0.2) is 9.97 Å². The summed E-state index contributed by atoms with van der Waals surface area (Å²) in [5.41, 5.74) is 2.11. The van der Waals surface area contributed by atoms with Crippen LogP contribution in [-0.4, -0.2) is 15.0 Å². The summed E-state index contributed by atoms with van der Waals surface area (Å²) in [7, 11) is 0. The first-order valence-electron chi connectivity index (χ1n) is 7.10. The highest BCUT2D eigenvalue weighted by Crippen LogP contribution is 2.17. The van der Waals surface area contributed by atoms with Gasteiger partial charge in [-0.3, -0.25) is 4.98 Å². The van der Waals surface area contributed by atoms with Gasteiger partial charge >= 0.3 is 0 Å². The number of anilines is 3. The standard InChI is InChI=1S/C17H17N5/c1-13-20-16(19-12-14-6-5-9-18-11-14)10-17(21-13)22-15-7-3-2-4-8-15/h2-11H,12H2,1H3,(H2,19,20,21,22). The molecule has 22 heavy (non-hydrogen) atoms. The number of nitrogens with zero attached hydrogens (tertiary/aromatic N) is 3. The average molecular weight is 291 g/mol. The summed E-state index contributed by atoms with van der Waals surface area (Å²) in [5.74, 6) is 2.27. The normalized spacial score (nSPS) is 10.2. The summed E-state index contributed by atoms with van der Waals surface area (Å²) in [5, 5.41) is 6.58. The van der Waals surface area contributed by atoms with Crippen LogP contribution in [-0.2, 0) is 6.54 Å². The zero-order chi connectivity index (χ0) is 15.2. The van der Waals surface area contributed by atoms with Crippen LogP contribution in [0.15, 0.2) is 60.9 Å². The first-order chi connectivity index (χ1) is 10.8. The molecule has 5 nitrogen and oxygen atoms in total. The summed E-state index contributed by atoms with van der Waals surface area (Å²) in [4.78, 5) is 12.9. The zero-order valence-corrected chi connectivity index (χ0v) is 12.3. The van der Waals surface area contributed by atoms with Crippen molar-refractivity contribution in [1.29, 1.82) is 0 Å². The van der Waals surface area contributed by atoms with E-state index in [-0.39, 0.29) is 0 Å². The van der Waals surface area contributed by atoms with Gasteiger partial charge in [-0.2, -0.15) is 0 Å². The number of pyridine rings is 1.